The Morgan fingerprint density at radius 2 is 1.68 bits per heavy atom. The Labute approximate surface area is 262 Å². The number of aliphatic hydroxyl groups excluding tert-OH is 1. The smallest absolute Gasteiger partial charge is 0.253 e. The first kappa shape index (κ1) is 30.4. The molecule has 0 aromatic heterocycles. The number of nitrogens with zero attached hydrogens (tertiary/aromatic N) is 3. The summed E-state index contributed by atoms with van der Waals surface area (Å²) in [5.41, 5.74) is -0.568. The van der Waals surface area contributed by atoms with Crippen LogP contribution in [-0.2, 0) is 19.1 Å². The lowest BCUT2D eigenvalue weighted by molar-refractivity contribution is -0.148. The van der Waals surface area contributed by atoms with Crippen molar-refractivity contribution in [2.75, 3.05) is 36.1 Å². The van der Waals surface area contributed by atoms with E-state index in [9.17, 15) is 19.5 Å². The Morgan fingerprint density at radius 1 is 0.977 bits per heavy atom. The summed E-state index contributed by atoms with van der Waals surface area (Å²) in [6, 6.07) is 11.0. The number of fused-ring (bicyclic) bond motifs is 2. The highest BCUT2D eigenvalue weighted by Gasteiger charge is 2.75. The Morgan fingerprint density at radius 3 is 2.34 bits per heavy atom. The fraction of sp³-hybridized carbons (Fsp3) is 0.441. The second-order valence-electron chi connectivity index (χ2n) is 12.0. The number of halogens is 1. The van der Waals surface area contributed by atoms with Gasteiger partial charge in [-0.25, -0.2) is 0 Å². The molecule has 2 fully saturated rings. The maximum absolute atomic E-state index is 14.7. The van der Waals surface area contributed by atoms with Gasteiger partial charge in [-0.2, -0.15) is 0 Å². The van der Waals surface area contributed by atoms with Crippen molar-refractivity contribution in [2.45, 2.75) is 57.4 Å². The first-order valence-electron chi connectivity index (χ1n) is 15.2. The summed E-state index contributed by atoms with van der Waals surface area (Å²) in [5.74, 6) is -2.23. The molecule has 1 N–H and O–H groups in total. The Balaban J connectivity index is 1.47. The van der Waals surface area contributed by atoms with Crippen molar-refractivity contribution in [1.29, 1.82) is 0 Å². The number of likely N-dealkylation sites (tertiary alicyclic amines) is 1. The fourth-order valence-corrected chi connectivity index (χ4v) is 7.88. The monoisotopic (exact) mass is 619 g/mol. The van der Waals surface area contributed by atoms with Crippen molar-refractivity contribution in [3.05, 3.63) is 77.4 Å². The molecular weight excluding hydrogens is 582 g/mol. The molecule has 232 valence electrons. The zero-order valence-corrected chi connectivity index (χ0v) is 26.2. The molecule has 1 spiro atoms. The van der Waals surface area contributed by atoms with E-state index < -0.39 is 35.1 Å². The van der Waals surface area contributed by atoms with Crippen LogP contribution in [0.5, 0.6) is 5.75 Å². The van der Waals surface area contributed by atoms with Crippen LogP contribution < -0.4 is 14.5 Å². The SMILES string of the molecule is CCOc1ccc(N2CC=C[C@@]3(C)O[C@]45C=CCN(c6c(C)cccc6Cl)C(=O)C4N([C@@H](CC)CO)C(=O)[C@@H]5[C@H]3C2=O)cc1. The summed E-state index contributed by atoms with van der Waals surface area (Å²) in [7, 11) is 0. The third kappa shape index (κ3) is 4.47. The van der Waals surface area contributed by atoms with Crippen LogP contribution in [0.25, 0.3) is 0 Å². The number of rotatable bonds is 7. The Hall–Kier alpha value is -3.66. The highest BCUT2D eigenvalue weighted by molar-refractivity contribution is 6.34. The normalized spacial score (nSPS) is 30.2. The topological polar surface area (TPSA) is 99.6 Å². The fourth-order valence-electron chi connectivity index (χ4n) is 7.55. The molecule has 9 nitrogen and oxygen atoms in total. The van der Waals surface area contributed by atoms with Crippen LogP contribution >= 0.6 is 11.6 Å². The number of aliphatic hydroxyl groups is 1. The summed E-state index contributed by atoms with van der Waals surface area (Å²) in [5, 5.41) is 10.8. The van der Waals surface area contributed by atoms with Gasteiger partial charge in [0.25, 0.3) is 5.91 Å². The van der Waals surface area contributed by atoms with E-state index in [0.717, 1.165) is 5.56 Å². The van der Waals surface area contributed by atoms with Crippen LogP contribution in [0.4, 0.5) is 11.4 Å². The maximum atomic E-state index is 14.7. The standard InChI is InChI=1S/C34H38ClN3O6/c1-5-22(20-39)38-29-32(42)37(28-21(3)10-7-11-25(28)35)19-9-17-34(29)27(31(38)41)26-30(40)36(18-8-16-33(26,4)44-34)23-12-14-24(15-13-23)43-6-2/h7-17,22,26-27,29,39H,5-6,18-20H2,1-4H3/t22-,26-,27-,29?,33+,34-/m0/s1. The van der Waals surface area contributed by atoms with E-state index in [4.69, 9.17) is 21.1 Å². The zero-order chi connectivity index (χ0) is 31.4. The number of amides is 3. The lowest BCUT2D eigenvalue weighted by Gasteiger charge is -2.40. The summed E-state index contributed by atoms with van der Waals surface area (Å²) in [6.45, 7) is 8.16. The number of anilines is 2. The average Bonchev–Trinajstić information content (AvgIpc) is 3.27. The van der Waals surface area contributed by atoms with Crippen molar-refractivity contribution in [1.82, 2.24) is 4.90 Å². The van der Waals surface area contributed by atoms with Crippen molar-refractivity contribution >= 4 is 40.7 Å². The van der Waals surface area contributed by atoms with Gasteiger partial charge in [-0.3, -0.25) is 14.4 Å². The van der Waals surface area contributed by atoms with Gasteiger partial charge in [0, 0.05) is 18.8 Å². The van der Waals surface area contributed by atoms with Crippen LogP contribution in [0.3, 0.4) is 0 Å². The van der Waals surface area contributed by atoms with Gasteiger partial charge in [0.15, 0.2) is 0 Å². The molecule has 4 aliphatic rings. The van der Waals surface area contributed by atoms with E-state index in [1.165, 1.54) is 4.90 Å². The van der Waals surface area contributed by atoms with E-state index in [0.29, 0.717) is 41.7 Å². The van der Waals surface area contributed by atoms with E-state index >= 15 is 0 Å². The first-order chi connectivity index (χ1) is 21.1. The second kappa shape index (κ2) is 11.4. The molecule has 1 unspecified atom stereocenters. The van der Waals surface area contributed by atoms with Crippen LogP contribution in [0.15, 0.2) is 66.8 Å². The largest absolute Gasteiger partial charge is 0.494 e. The van der Waals surface area contributed by atoms with Gasteiger partial charge < -0.3 is 29.3 Å². The summed E-state index contributed by atoms with van der Waals surface area (Å²) in [4.78, 5) is 48.7. The molecular formula is C34H38ClN3O6. The molecule has 4 heterocycles. The number of carbonyl (C=O) groups excluding carboxylic acids is 3. The van der Waals surface area contributed by atoms with Crippen LogP contribution in [0.2, 0.25) is 5.02 Å². The van der Waals surface area contributed by atoms with Gasteiger partial charge in [0.1, 0.15) is 17.4 Å². The Kier molecular flexibility index (Phi) is 7.84. The van der Waals surface area contributed by atoms with Crippen molar-refractivity contribution < 1.29 is 29.0 Å². The van der Waals surface area contributed by atoms with E-state index in [-0.39, 0.29) is 30.9 Å². The molecule has 2 saturated heterocycles. The minimum atomic E-state index is -1.44. The molecule has 0 aliphatic carbocycles. The number of benzene rings is 2. The number of aryl methyl sites for hydroxylation is 1. The quantitative estimate of drug-likeness (QED) is 0.464. The van der Waals surface area contributed by atoms with Crippen molar-refractivity contribution in [3.63, 3.8) is 0 Å². The van der Waals surface area contributed by atoms with Crippen LogP contribution in [0, 0.1) is 18.8 Å². The molecule has 2 aromatic rings. The lowest BCUT2D eigenvalue weighted by Crippen LogP contribution is -2.59. The number of carbonyl (C=O) groups is 3. The van der Waals surface area contributed by atoms with Gasteiger partial charge >= 0.3 is 0 Å². The summed E-state index contributed by atoms with van der Waals surface area (Å²) < 4.78 is 12.5. The Bertz CT molecular complexity index is 1520. The number of hydrogen-bond acceptors (Lipinski definition) is 6. The third-order valence-electron chi connectivity index (χ3n) is 9.49. The van der Waals surface area contributed by atoms with Crippen molar-refractivity contribution in [3.8, 4) is 5.75 Å². The molecule has 10 heteroatoms. The molecule has 6 atom stereocenters. The first-order valence-corrected chi connectivity index (χ1v) is 15.6. The molecule has 44 heavy (non-hydrogen) atoms. The van der Waals surface area contributed by atoms with E-state index in [2.05, 4.69) is 0 Å². The summed E-state index contributed by atoms with van der Waals surface area (Å²) in [6.07, 6.45) is 7.79. The summed E-state index contributed by atoms with van der Waals surface area (Å²) >= 11 is 6.64. The van der Waals surface area contributed by atoms with Crippen molar-refractivity contribution in [2.24, 2.45) is 11.8 Å². The molecule has 0 saturated carbocycles. The lowest BCUT2D eigenvalue weighted by atomic mass is 9.74. The molecule has 4 aliphatic heterocycles. The number of ether oxygens (including phenoxy) is 2. The molecule has 3 amide bonds. The van der Waals surface area contributed by atoms with E-state index in [1.54, 1.807) is 21.9 Å². The van der Waals surface area contributed by atoms with Gasteiger partial charge in [0.2, 0.25) is 11.8 Å². The maximum Gasteiger partial charge on any atom is 0.253 e. The highest BCUT2D eigenvalue weighted by Crippen LogP contribution is 2.58. The minimum Gasteiger partial charge on any atom is -0.494 e. The molecule has 0 radical (unpaired) electrons. The van der Waals surface area contributed by atoms with Gasteiger partial charge in [-0.1, -0.05) is 55.0 Å². The van der Waals surface area contributed by atoms with Gasteiger partial charge in [-0.15, -0.1) is 0 Å². The predicted molar refractivity (Wildman–Crippen MR) is 168 cm³/mol. The van der Waals surface area contributed by atoms with Gasteiger partial charge in [0.05, 0.1) is 47.4 Å². The van der Waals surface area contributed by atoms with Gasteiger partial charge in [-0.05, 0) is 63.1 Å². The minimum absolute atomic E-state index is 0.207. The molecule has 0 bridgehead atoms. The molecule has 2 aromatic carbocycles. The van der Waals surface area contributed by atoms with E-state index in [1.807, 2.05) is 82.3 Å². The third-order valence-corrected chi connectivity index (χ3v) is 9.79. The number of para-hydroxylation sites is 1. The predicted octanol–water partition coefficient (Wildman–Crippen LogP) is 4.29. The molecule has 6 rings (SSSR count). The van der Waals surface area contributed by atoms with Crippen LogP contribution in [0.1, 0.15) is 32.8 Å². The van der Waals surface area contributed by atoms with Crippen LogP contribution in [-0.4, -0.2) is 77.3 Å². The highest BCUT2D eigenvalue weighted by atomic mass is 35.5. The zero-order valence-electron chi connectivity index (χ0n) is 25.4. The number of hydrogen-bond donors (Lipinski definition) is 1. The second-order valence-corrected chi connectivity index (χ2v) is 12.4. The average molecular weight is 620 g/mol.